The highest BCUT2D eigenvalue weighted by atomic mass is 15.2. The number of nitrogens with two attached hydrogens (primary N) is 1. The molecular weight excluding hydrogens is 184 g/mol. The number of hydrogen-bond acceptors (Lipinski definition) is 2. The molecule has 15 heavy (non-hydrogen) atoms. The highest BCUT2D eigenvalue weighted by Crippen LogP contribution is 2.45. The topological polar surface area (TPSA) is 38.0 Å². The Morgan fingerprint density at radius 1 is 1.60 bits per heavy atom. The summed E-state index contributed by atoms with van der Waals surface area (Å²) in [6.45, 7) is 10.8. The number of nitrogens with one attached hydrogen (secondary N) is 1. The van der Waals surface area contributed by atoms with Crippen LogP contribution in [0.25, 0.3) is 0 Å². The van der Waals surface area contributed by atoms with Crippen molar-refractivity contribution in [1.29, 1.82) is 0 Å². The minimum Gasteiger partial charge on any atom is -0.271 e. The quantitative estimate of drug-likeness (QED) is 0.416. The lowest BCUT2D eigenvalue weighted by Crippen LogP contribution is -2.44. The monoisotopic (exact) mass is 210 g/mol. The second-order valence-electron chi connectivity index (χ2n) is 5.76. The van der Waals surface area contributed by atoms with E-state index in [0.717, 1.165) is 18.8 Å². The largest absolute Gasteiger partial charge is 0.271 e. The molecule has 0 heterocycles. The molecule has 0 radical (unpaired) electrons. The van der Waals surface area contributed by atoms with Gasteiger partial charge in [-0.15, -0.1) is 6.58 Å². The lowest BCUT2D eigenvalue weighted by Gasteiger charge is -2.34. The summed E-state index contributed by atoms with van der Waals surface area (Å²) in [6, 6.07) is 0.458. The van der Waals surface area contributed by atoms with Crippen LogP contribution in [0.1, 0.15) is 52.9 Å². The molecule has 1 aliphatic carbocycles. The maximum atomic E-state index is 5.68. The summed E-state index contributed by atoms with van der Waals surface area (Å²) >= 11 is 0. The van der Waals surface area contributed by atoms with Gasteiger partial charge in [-0.25, -0.2) is 0 Å². The Morgan fingerprint density at radius 3 is 2.67 bits per heavy atom. The van der Waals surface area contributed by atoms with Crippen LogP contribution in [-0.4, -0.2) is 6.04 Å². The molecule has 2 nitrogen and oxygen atoms in total. The molecule has 0 aliphatic heterocycles. The summed E-state index contributed by atoms with van der Waals surface area (Å²) in [5, 5.41) is 0. The van der Waals surface area contributed by atoms with Gasteiger partial charge in [0.2, 0.25) is 0 Å². The molecule has 0 spiro atoms. The van der Waals surface area contributed by atoms with Crippen molar-refractivity contribution in [1.82, 2.24) is 5.43 Å². The van der Waals surface area contributed by atoms with E-state index in [0.29, 0.717) is 11.5 Å². The third kappa shape index (κ3) is 3.32. The summed E-state index contributed by atoms with van der Waals surface area (Å²) in [7, 11) is 0. The van der Waals surface area contributed by atoms with Crippen molar-refractivity contribution >= 4 is 0 Å². The molecule has 0 aromatic rings. The van der Waals surface area contributed by atoms with Gasteiger partial charge in [0.1, 0.15) is 0 Å². The van der Waals surface area contributed by atoms with Crippen LogP contribution >= 0.6 is 0 Å². The van der Waals surface area contributed by atoms with E-state index < -0.39 is 0 Å². The van der Waals surface area contributed by atoms with Gasteiger partial charge in [-0.3, -0.25) is 11.3 Å². The summed E-state index contributed by atoms with van der Waals surface area (Å²) in [4.78, 5) is 0. The van der Waals surface area contributed by atoms with Crippen molar-refractivity contribution in [3.8, 4) is 0 Å². The van der Waals surface area contributed by atoms with Gasteiger partial charge < -0.3 is 0 Å². The number of hydrazine groups is 1. The molecule has 88 valence electrons. The van der Waals surface area contributed by atoms with E-state index in [1.807, 2.05) is 0 Å². The molecule has 0 amide bonds. The van der Waals surface area contributed by atoms with Crippen LogP contribution in [0, 0.1) is 11.3 Å². The normalized spacial score (nSPS) is 26.5. The molecule has 2 heteroatoms. The zero-order valence-electron chi connectivity index (χ0n) is 10.5. The molecule has 1 aliphatic rings. The molecule has 1 saturated carbocycles. The van der Waals surface area contributed by atoms with Crippen LogP contribution in [0.4, 0.5) is 0 Å². The second-order valence-corrected chi connectivity index (χ2v) is 5.76. The Balaban J connectivity index is 2.54. The predicted molar refractivity (Wildman–Crippen MR) is 66.3 cm³/mol. The van der Waals surface area contributed by atoms with Gasteiger partial charge in [0.25, 0.3) is 0 Å². The fourth-order valence-corrected chi connectivity index (χ4v) is 2.90. The zero-order chi connectivity index (χ0) is 11.5. The molecule has 0 aromatic heterocycles. The SMILES string of the molecule is C=C(C)CCC(NN)C1CCCC1(C)C. The van der Waals surface area contributed by atoms with Crippen LogP contribution in [-0.2, 0) is 0 Å². The molecule has 3 N–H and O–H groups in total. The van der Waals surface area contributed by atoms with Gasteiger partial charge in [0, 0.05) is 6.04 Å². The van der Waals surface area contributed by atoms with Gasteiger partial charge in [-0.05, 0) is 43.9 Å². The van der Waals surface area contributed by atoms with E-state index >= 15 is 0 Å². The van der Waals surface area contributed by atoms with Gasteiger partial charge in [-0.1, -0.05) is 25.8 Å². The highest BCUT2D eigenvalue weighted by molar-refractivity contribution is 4.95. The third-order valence-electron chi connectivity index (χ3n) is 3.92. The fraction of sp³-hybridized carbons (Fsp3) is 0.846. The van der Waals surface area contributed by atoms with Gasteiger partial charge in [-0.2, -0.15) is 0 Å². The maximum absolute atomic E-state index is 5.68. The fourth-order valence-electron chi connectivity index (χ4n) is 2.90. The van der Waals surface area contributed by atoms with E-state index in [1.54, 1.807) is 0 Å². The number of hydrogen-bond donors (Lipinski definition) is 2. The Hall–Kier alpha value is -0.340. The first-order valence-corrected chi connectivity index (χ1v) is 6.08. The lowest BCUT2D eigenvalue weighted by molar-refractivity contribution is 0.190. The molecule has 1 rings (SSSR count). The summed E-state index contributed by atoms with van der Waals surface area (Å²) in [5.74, 6) is 6.40. The average molecular weight is 210 g/mol. The molecule has 2 atom stereocenters. The Bertz CT molecular complexity index is 221. The second kappa shape index (κ2) is 5.13. The van der Waals surface area contributed by atoms with Crippen molar-refractivity contribution < 1.29 is 0 Å². The molecule has 0 saturated heterocycles. The smallest absolute Gasteiger partial charge is 0.0246 e. The third-order valence-corrected chi connectivity index (χ3v) is 3.92. The van der Waals surface area contributed by atoms with E-state index in [1.165, 1.54) is 24.8 Å². The van der Waals surface area contributed by atoms with Gasteiger partial charge in [0.15, 0.2) is 0 Å². The van der Waals surface area contributed by atoms with Crippen molar-refractivity contribution in [3.63, 3.8) is 0 Å². The minimum atomic E-state index is 0.451. The van der Waals surface area contributed by atoms with Crippen LogP contribution in [0.15, 0.2) is 12.2 Å². The van der Waals surface area contributed by atoms with E-state index in [4.69, 9.17) is 5.84 Å². The summed E-state index contributed by atoms with van der Waals surface area (Å²) < 4.78 is 0. The van der Waals surface area contributed by atoms with E-state index in [-0.39, 0.29) is 0 Å². The molecule has 0 aromatic carbocycles. The lowest BCUT2D eigenvalue weighted by atomic mass is 9.76. The van der Waals surface area contributed by atoms with Crippen LogP contribution < -0.4 is 11.3 Å². The predicted octanol–water partition coefficient (Wildman–Crippen LogP) is 3.00. The molecule has 0 bridgehead atoms. The van der Waals surface area contributed by atoms with Crippen molar-refractivity contribution in [2.75, 3.05) is 0 Å². The van der Waals surface area contributed by atoms with Crippen molar-refractivity contribution in [3.05, 3.63) is 12.2 Å². The van der Waals surface area contributed by atoms with Crippen LogP contribution in [0.2, 0.25) is 0 Å². The molecule has 2 unspecified atom stereocenters. The standard InChI is InChI=1S/C13H26N2/c1-10(2)7-8-12(15-14)11-6-5-9-13(11,3)4/h11-12,15H,1,5-9,14H2,2-4H3. The van der Waals surface area contributed by atoms with Crippen molar-refractivity contribution in [2.45, 2.75) is 58.9 Å². The van der Waals surface area contributed by atoms with E-state index in [2.05, 4.69) is 32.8 Å². The minimum absolute atomic E-state index is 0.451. The molecular formula is C13H26N2. The first-order chi connectivity index (χ1) is 6.97. The Labute approximate surface area is 94.3 Å². The van der Waals surface area contributed by atoms with E-state index in [9.17, 15) is 0 Å². The summed E-state index contributed by atoms with van der Waals surface area (Å²) in [5.41, 5.74) is 4.72. The Morgan fingerprint density at radius 2 is 2.27 bits per heavy atom. The average Bonchev–Trinajstić information content (AvgIpc) is 2.47. The van der Waals surface area contributed by atoms with Crippen molar-refractivity contribution in [2.24, 2.45) is 17.2 Å². The maximum Gasteiger partial charge on any atom is 0.0246 e. The first kappa shape index (κ1) is 12.7. The first-order valence-electron chi connectivity index (χ1n) is 6.08. The molecule has 1 fully saturated rings. The Kier molecular flexibility index (Phi) is 4.35. The van der Waals surface area contributed by atoms with Crippen LogP contribution in [0.3, 0.4) is 0 Å². The van der Waals surface area contributed by atoms with Gasteiger partial charge in [0.05, 0.1) is 0 Å². The zero-order valence-corrected chi connectivity index (χ0v) is 10.5. The highest BCUT2D eigenvalue weighted by Gasteiger charge is 2.38. The summed E-state index contributed by atoms with van der Waals surface area (Å²) in [6.07, 6.45) is 6.21. The van der Waals surface area contributed by atoms with Crippen LogP contribution in [0.5, 0.6) is 0 Å². The number of allylic oxidation sites excluding steroid dienone is 1. The van der Waals surface area contributed by atoms with Gasteiger partial charge >= 0.3 is 0 Å². The number of rotatable bonds is 5.